The molecule has 0 bridgehead atoms. The van der Waals surface area contributed by atoms with E-state index in [1.54, 1.807) is 0 Å². The fraction of sp³-hybridized carbons (Fsp3) is 0.791. The summed E-state index contributed by atoms with van der Waals surface area (Å²) in [7, 11) is 0. The Morgan fingerprint density at radius 3 is 0.624 bits per heavy atom. The Kier molecular flexibility index (Phi) is 39.7. The van der Waals surface area contributed by atoms with Gasteiger partial charge in [-0.3, -0.25) is 0 Å². The quantitative estimate of drug-likeness (QED) is 0.0842. The first-order valence-electron chi connectivity index (χ1n) is 39.4. The van der Waals surface area contributed by atoms with Gasteiger partial charge in [-0.2, -0.15) is 0 Å². The van der Waals surface area contributed by atoms with Gasteiger partial charge in [0.1, 0.15) is 0 Å². The van der Waals surface area contributed by atoms with E-state index in [2.05, 4.69) is 142 Å². The number of halogens is 2. The molecule has 4 N–H and O–H groups in total. The SMILES string of the molecule is C.C1=CCC2(C1)COC1(OC2)OCC2(CC=CC2)CO1.C1=CCC2(C1)COC1(OC2)OCC2(CC=CC2)CO1.C1OC2(OCC13CC1OC1C3)OCC1(CO2)CC2OC2C1.CC(C)(C)C.CC1(C)CC=CC1.CC1(C)CC=CC1.CCC.ClC/C=C\CCl.OCC1(CO)CC=CC1.OCC1(CO)CC=CC1.[AlH3].[H-].[H-].[Li+].[Li+]. The van der Waals surface area contributed by atoms with Crippen LogP contribution in [0.2, 0.25) is 0 Å². The number of epoxide rings is 2. The van der Waals surface area contributed by atoms with Crippen LogP contribution >= 0.6 is 23.2 Å². The Bertz CT molecular complexity index is 2550. The second-order valence-electron chi connectivity index (χ2n) is 36.7. The fourth-order valence-electron chi connectivity index (χ4n) is 15.3. The second kappa shape index (κ2) is 43.8. The van der Waals surface area contributed by atoms with Crippen molar-refractivity contribution in [2.75, 3.05) is 117 Å². The van der Waals surface area contributed by atoms with Gasteiger partial charge < -0.3 is 89.6 Å². The van der Waals surface area contributed by atoms with Gasteiger partial charge in [-0.05, 0) is 145 Å². The molecule has 4 unspecified atom stereocenters. The number of fused-ring (bicyclic) bond motifs is 2. The van der Waals surface area contributed by atoms with E-state index in [0.29, 0.717) is 132 Å². The molecule has 109 heavy (non-hydrogen) atoms. The van der Waals surface area contributed by atoms with Crippen molar-refractivity contribution in [3.8, 4) is 0 Å². The minimum Gasteiger partial charge on any atom is -1.00 e. The monoisotopic (exact) mass is 1570 g/mol. The molecule has 2 saturated carbocycles. The molecule has 18 rings (SSSR count). The van der Waals surface area contributed by atoms with Gasteiger partial charge in [0, 0.05) is 55.1 Å². The van der Waals surface area contributed by atoms with Gasteiger partial charge in [0.25, 0.3) is 0 Å². The maximum atomic E-state index is 8.82. The minimum atomic E-state index is -1.25. The number of alkyl halides is 2. The van der Waals surface area contributed by atoms with E-state index in [4.69, 9.17) is 110 Å². The summed E-state index contributed by atoms with van der Waals surface area (Å²) in [6.07, 6.45) is 58.3. The van der Waals surface area contributed by atoms with Crippen molar-refractivity contribution in [1.29, 1.82) is 0 Å². The molecule has 10 fully saturated rings. The average molecular weight is 1580 g/mol. The van der Waals surface area contributed by atoms with Gasteiger partial charge in [-0.15, -0.1) is 23.2 Å². The average Bonchev–Trinajstić information content (AvgIpc) is 1.58. The zero-order valence-electron chi connectivity index (χ0n) is 69.5. The topological polar surface area (TPSA) is 217 Å². The number of allylic oxidation sites excluding steroid dienone is 18. The third-order valence-electron chi connectivity index (χ3n) is 22.9. The molecule has 4 atom stereocenters. The summed E-state index contributed by atoms with van der Waals surface area (Å²) >= 11 is 10.5. The summed E-state index contributed by atoms with van der Waals surface area (Å²) < 4.78 is 81.2. The fourth-order valence-corrected chi connectivity index (χ4v) is 15.5. The molecule has 0 aromatic carbocycles. The van der Waals surface area contributed by atoms with E-state index >= 15 is 0 Å². The van der Waals surface area contributed by atoms with E-state index in [-0.39, 0.29) is 135 Å². The molecule has 614 valence electrons. The molecule has 23 heteroatoms. The van der Waals surface area contributed by atoms with Crippen LogP contribution < -0.4 is 37.7 Å². The van der Waals surface area contributed by atoms with Crippen molar-refractivity contribution >= 4 is 40.6 Å². The van der Waals surface area contributed by atoms with Crippen molar-refractivity contribution in [2.45, 2.75) is 254 Å². The van der Waals surface area contributed by atoms with E-state index < -0.39 is 18.5 Å². The van der Waals surface area contributed by atoms with Crippen molar-refractivity contribution in [3.63, 3.8) is 0 Å². The first kappa shape index (κ1) is 98.8. The van der Waals surface area contributed by atoms with Crippen LogP contribution in [-0.2, 0) is 66.3 Å². The molecular weight excluding hydrogens is 1430 g/mol. The Balaban J connectivity index is 0.000000334. The molecule has 8 saturated heterocycles. The summed E-state index contributed by atoms with van der Waals surface area (Å²) in [5.41, 5.74) is 1.90. The molecule has 8 aliphatic heterocycles. The summed E-state index contributed by atoms with van der Waals surface area (Å²) in [5, 5.41) is 35.3. The van der Waals surface area contributed by atoms with Gasteiger partial charge in [0.05, 0.1) is 130 Å². The number of ether oxygens (including phenoxy) is 14. The van der Waals surface area contributed by atoms with Crippen LogP contribution in [0.15, 0.2) is 109 Å². The zero-order chi connectivity index (χ0) is 75.5. The van der Waals surface area contributed by atoms with Crippen molar-refractivity contribution < 1.29 is 127 Å². The number of aliphatic hydroxyl groups excluding tert-OH is 4. The predicted molar refractivity (Wildman–Crippen MR) is 428 cm³/mol. The minimum absolute atomic E-state index is 0. The van der Waals surface area contributed by atoms with Crippen molar-refractivity contribution in [1.82, 2.24) is 0 Å². The molecule has 0 aromatic rings. The van der Waals surface area contributed by atoms with E-state index in [0.717, 1.165) is 103 Å². The molecule has 8 heterocycles. The van der Waals surface area contributed by atoms with E-state index in [1.807, 2.05) is 36.5 Å². The molecule has 0 aromatic heterocycles. The van der Waals surface area contributed by atoms with Crippen LogP contribution in [-0.4, -0.2) is 198 Å². The normalized spacial score (nSPS) is 32.5. The summed E-state index contributed by atoms with van der Waals surface area (Å²) in [6.45, 7) is 30.3. The standard InChI is InChI=1S/C15H20O6.2C15H20O4.2C7H12O2.2C7H12.C5H12.C4H6Cl2.C3H8.CH4.Al.2Li.5H/c1-9-10(20-9)2-13(1)5-16-15(17-6-13)18-7-14(8-19-15)3-11-12(4-14)21-11;2*1-2-6-13(5-1)9-16-15(17-10-13)18-11-14(12-19-15)7-3-4-8-14;2*8-5-7(6-9)3-1-2-4-7;2*1-7(2)5-3-4-6-7;1-5(2,3)4;5-3-1-2-4-6;1-3-2;;;;;;;;;/h9-12H,1-8H2;2*1-4H,5-12H2;2*1-2,8-9H,3-6H2;2*3-4H,5-6H2,1-2H3;1-4H3;1-2H,3-4H2;3H2,1-2H3;1H4;;;;;;;;/q;;;;;;;;;;;;2*+1;;;;2*-1/b;;;;;;;;2-1-;;;;;;;;;;. The van der Waals surface area contributed by atoms with Crippen LogP contribution in [0.5, 0.6) is 0 Å². The van der Waals surface area contributed by atoms with Crippen LogP contribution in [0.3, 0.4) is 0 Å². The largest absolute Gasteiger partial charge is 1.00 e. The maximum absolute atomic E-state index is 8.82. The van der Waals surface area contributed by atoms with Crippen molar-refractivity contribution in [3.05, 3.63) is 109 Å². The van der Waals surface area contributed by atoms with Gasteiger partial charge >= 0.3 is 56.2 Å². The Labute approximate surface area is 703 Å². The molecule has 9 spiro atoms. The maximum Gasteiger partial charge on any atom is 1.00 e. The second-order valence-corrected chi connectivity index (χ2v) is 37.3. The Hall–Kier alpha value is -0.753. The van der Waals surface area contributed by atoms with Crippen LogP contribution in [0.4, 0.5) is 0 Å². The Morgan fingerprint density at radius 1 is 0.330 bits per heavy atom. The van der Waals surface area contributed by atoms with Crippen molar-refractivity contribution in [2.24, 2.45) is 59.6 Å². The van der Waals surface area contributed by atoms with Crippen LogP contribution in [0.1, 0.15) is 214 Å². The Morgan fingerprint density at radius 2 is 0.486 bits per heavy atom. The van der Waals surface area contributed by atoms with Crippen LogP contribution in [0.25, 0.3) is 0 Å². The first-order valence-corrected chi connectivity index (χ1v) is 40.5. The summed E-state index contributed by atoms with van der Waals surface area (Å²) in [4.78, 5) is 0. The molecule has 18 aliphatic rings. The number of hydrogen-bond donors (Lipinski definition) is 4. The molecule has 0 amide bonds. The molecule has 18 nitrogen and oxygen atoms in total. The smallest absolute Gasteiger partial charge is 1.00 e. The van der Waals surface area contributed by atoms with Gasteiger partial charge in [-0.1, -0.05) is 192 Å². The molecule has 0 radical (unpaired) electrons. The molecule has 10 aliphatic carbocycles. The number of rotatable bonds is 6. The van der Waals surface area contributed by atoms with Gasteiger partial charge in [0.15, 0.2) is 17.4 Å². The summed E-state index contributed by atoms with van der Waals surface area (Å²) in [6, 6.07) is 0. The third-order valence-corrected chi connectivity index (χ3v) is 23.2. The van der Waals surface area contributed by atoms with Gasteiger partial charge in [0.2, 0.25) is 0 Å². The third kappa shape index (κ3) is 29.0. The van der Waals surface area contributed by atoms with Crippen LogP contribution in [0, 0.1) is 59.6 Å². The number of hydrogen-bond acceptors (Lipinski definition) is 18. The number of aliphatic hydroxyl groups is 4. The summed E-state index contributed by atoms with van der Waals surface area (Å²) in [5.74, 6) is 1.12. The van der Waals surface area contributed by atoms with E-state index in [1.165, 1.54) is 32.1 Å². The molecular formula is C86H143AlCl2Li2O18. The zero-order valence-corrected chi connectivity index (χ0v) is 69.1. The van der Waals surface area contributed by atoms with E-state index in [9.17, 15) is 0 Å². The first-order chi connectivity index (χ1) is 50.1. The van der Waals surface area contributed by atoms with Gasteiger partial charge in [-0.25, -0.2) is 0 Å². The predicted octanol–water partition coefficient (Wildman–Crippen LogP) is 10.0.